The summed E-state index contributed by atoms with van der Waals surface area (Å²) in [5, 5.41) is 0. The molecule has 0 saturated carbocycles. The van der Waals surface area contributed by atoms with Crippen molar-refractivity contribution in [2.75, 3.05) is 39.6 Å². The summed E-state index contributed by atoms with van der Waals surface area (Å²) in [6.07, 6.45) is -1.19. The van der Waals surface area contributed by atoms with E-state index < -0.39 is 24.1 Å². The highest BCUT2D eigenvalue weighted by Gasteiger charge is 2.24. The molecule has 244 valence electrons. The monoisotopic (exact) mass is 620 g/mol. The number of benzene rings is 2. The molecule has 2 aromatic rings. The van der Waals surface area contributed by atoms with Gasteiger partial charge in [0.1, 0.15) is 24.7 Å². The Bertz CT molecular complexity index is 1220. The molecule has 2 unspecified atom stereocenters. The van der Waals surface area contributed by atoms with Crippen molar-refractivity contribution in [3.63, 3.8) is 0 Å². The van der Waals surface area contributed by atoms with Crippen molar-refractivity contribution in [1.29, 1.82) is 0 Å². The number of carbonyl (C=O) groups is 2. The Labute approximate surface area is 268 Å². The number of esters is 2. The van der Waals surface area contributed by atoms with Gasteiger partial charge in [0.15, 0.2) is 12.2 Å². The van der Waals surface area contributed by atoms with Crippen LogP contribution in [0.1, 0.15) is 52.7 Å². The summed E-state index contributed by atoms with van der Waals surface area (Å²) in [5.74, 6) is 0.303. The third-order valence-corrected chi connectivity index (χ3v) is 6.57. The van der Waals surface area contributed by atoms with Gasteiger partial charge in [-0.1, -0.05) is 75.6 Å². The number of ether oxygens (including phenoxy) is 6. The first kappa shape index (κ1) is 37.0. The fourth-order valence-electron chi connectivity index (χ4n) is 3.95. The maximum Gasteiger partial charge on any atom is 0.333 e. The Kier molecular flexibility index (Phi) is 14.8. The van der Waals surface area contributed by atoms with Crippen molar-refractivity contribution >= 4 is 11.9 Å². The number of hydrogen-bond donors (Lipinski definition) is 0. The van der Waals surface area contributed by atoms with E-state index in [1.165, 1.54) is 0 Å². The van der Waals surface area contributed by atoms with Crippen molar-refractivity contribution in [3.05, 3.63) is 108 Å². The first-order valence-corrected chi connectivity index (χ1v) is 14.8. The largest absolute Gasteiger partial charge is 0.490 e. The van der Waals surface area contributed by atoms with E-state index in [9.17, 15) is 9.59 Å². The van der Waals surface area contributed by atoms with E-state index >= 15 is 0 Å². The zero-order chi connectivity index (χ0) is 33.6. The summed E-state index contributed by atoms with van der Waals surface area (Å²) >= 11 is 0. The van der Waals surface area contributed by atoms with Gasteiger partial charge in [0.2, 0.25) is 0 Å². The zero-order valence-corrected chi connectivity index (χ0v) is 27.6. The number of hydrogen-bond acceptors (Lipinski definition) is 8. The average Bonchev–Trinajstić information content (AvgIpc) is 2.98. The van der Waals surface area contributed by atoms with Gasteiger partial charge in [0.25, 0.3) is 0 Å². The third kappa shape index (κ3) is 13.2. The van der Waals surface area contributed by atoms with Crippen LogP contribution in [0.15, 0.2) is 97.1 Å². The fraction of sp³-hybridized carbons (Fsp3) is 0.405. The maximum absolute atomic E-state index is 12.1. The molecule has 2 aromatic carbocycles. The summed E-state index contributed by atoms with van der Waals surface area (Å²) < 4.78 is 34.0. The Hall–Kier alpha value is -4.14. The molecule has 0 aromatic heterocycles. The molecule has 0 aliphatic rings. The van der Waals surface area contributed by atoms with Gasteiger partial charge in [0, 0.05) is 16.6 Å². The molecule has 0 amide bonds. The lowest BCUT2D eigenvalue weighted by molar-refractivity contribution is -0.149. The minimum atomic E-state index is -0.595. The quantitative estimate of drug-likeness (QED) is 0.0895. The molecule has 0 spiro atoms. The van der Waals surface area contributed by atoms with Crippen molar-refractivity contribution in [2.24, 2.45) is 0 Å². The smallest absolute Gasteiger partial charge is 0.333 e. The molecular formula is C37H48O8. The van der Waals surface area contributed by atoms with Crippen LogP contribution in [0.4, 0.5) is 0 Å². The summed E-state index contributed by atoms with van der Waals surface area (Å²) in [5.41, 5.74) is 4.21. The van der Waals surface area contributed by atoms with Crippen LogP contribution in [0, 0.1) is 0 Å². The molecule has 0 saturated heterocycles. The number of rotatable bonds is 20. The lowest BCUT2D eigenvalue weighted by atomic mass is 9.78. The Balaban J connectivity index is 2.02. The molecule has 0 aliphatic heterocycles. The average molecular weight is 621 g/mol. The standard InChI is InChI=1S/C37H48O8/c1-25(2)19-40-21-33(44-35(38)27(5)6)23-42-31-15-11-29(12-16-31)37(9,10)30-13-17-32(18-14-30)43-24-34(22-41-20-26(3)4)45-36(39)28(7)8/h11-18,33-34H,1,3,5,7,19-24H2,2,4,6,8-10H3. The van der Waals surface area contributed by atoms with Crippen molar-refractivity contribution < 1.29 is 38.0 Å². The van der Waals surface area contributed by atoms with Crippen LogP contribution >= 0.6 is 0 Å². The normalized spacial score (nSPS) is 12.4. The van der Waals surface area contributed by atoms with Gasteiger partial charge >= 0.3 is 11.9 Å². The van der Waals surface area contributed by atoms with Gasteiger partial charge in [-0.3, -0.25) is 0 Å². The molecular weight excluding hydrogens is 572 g/mol. The van der Waals surface area contributed by atoms with Crippen LogP contribution in [0.3, 0.4) is 0 Å². The minimum absolute atomic E-state index is 0.132. The molecule has 2 atom stereocenters. The van der Waals surface area contributed by atoms with Crippen molar-refractivity contribution in [2.45, 2.75) is 59.2 Å². The van der Waals surface area contributed by atoms with E-state index in [4.69, 9.17) is 28.4 Å². The van der Waals surface area contributed by atoms with Gasteiger partial charge < -0.3 is 28.4 Å². The van der Waals surface area contributed by atoms with Gasteiger partial charge in [-0.05, 0) is 63.1 Å². The molecule has 0 aliphatic carbocycles. The van der Waals surface area contributed by atoms with Crippen LogP contribution in [0.5, 0.6) is 11.5 Å². The Morgan fingerprint density at radius 1 is 0.600 bits per heavy atom. The molecule has 45 heavy (non-hydrogen) atoms. The van der Waals surface area contributed by atoms with E-state index in [2.05, 4.69) is 40.2 Å². The zero-order valence-electron chi connectivity index (χ0n) is 27.6. The lowest BCUT2D eigenvalue weighted by Crippen LogP contribution is -2.30. The summed E-state index contributed by atoms with van der Waals surface area (Å²) in [4.78, 5) is 24.1. The van der Waals surface area contributed by atoms with Gasteiger partial charge in [-0.2, -0.15) is 0 Å². The second-order valence-electron chi connectivity index (χ2n) is 11.9. The molecule has 0 heterocycles. The number of carbonyl (C=O) groups excluding carboxylic acids is 2. The molecule has 0 bridgehead atoms. The van der Waals surface area contributed by atoms with E-state index in [0.29, 0.717) is 35.9 Å². The van der Waals surface area contributed by atoms with E-state index in [-0.39, 0.29) is 31.8 Å². The lowest BCUT2D eigenvalue weighted by Gasteiger charge is -2.27. The maximum atomic E-state index is 12.1. The first-order chi connectivity index (χ1) is 21.2. The fourth-order valence-corrected chi connectivity index (χ4v) is 3.95. The molecule has 2 rings (SSSR count). The highest BCUT2D eigenvalue weighted by Crippen LogP contribution is 2.33. The predicted molar refractivity (Wildman–Crippen MR) is 177 cm³/mol. The second kappa shape index (κ2) is 18.0. The minimum Gasteiger partial charge on any atom is -0.490 e. The van der Waals surface area contributed by atoms with E-state index in [0.717, 1.165) is 22.3 Å². The molecule has 8 nitrogen and oxygen atoms in total. The predicted octanol–water partition coefficient (Wildman–Crippen LogP) is 6.93. The highest BCUT2D eigenvalue weighted by molar-refractivity contribution is 5.87. The SMILES string of the molecule is C=C(C)COCC(COc1ccc(C(C)(C)c2ccc(OCC(COCC(=C)C)OC(=O)C(=C)C)cc2)cc1)OC(=O)C(=C)C. The summed E-state index contributed by atoms with van der Waals surface area (Å²) in [7, 11) is 0. The van der Waals surface area contributed by atoms with Crippen molar-refractivity contribution in [3.8, 4) is 11.5 Å². The van der Waals surface area contributed by atoms with Crippen LogP contribution in [0.2, 0.25) is 0 Å². The van der Waals surface area contributed by atoms with E-state index in [1.807, 2.05) is 62.4 Å². The van der Waals surface area contributed by atoms with Crippen molar-refractivity contribution in [1.82, 2.24) is 0 Å². The van der Waals surface area contributed by atoms with Gasteiger partial charge in [-0.15, -0.1) is 0 Å². The van der Waals surface area contributed by atoms with Gasteiger partial charge in [0.05, 0.1) is 26.4 Å². The summed E-state index contributed by atoms with van der Waals surface area (Å²) in [6, 6.07) is 15.6. The molecule has 0 N–H and O–H groups in total. The highest BCUT2D eigenvalue weighted by atomic mass is 16.6. The Morgan fingerprint density at radius 3 is 1.22 bits per heavy atom. The molecule has 0 fully saturated rings. The summed E-state index contributed by atoms with van der Waals surface area (Å²) in [6.45, 7) is 27.5. The van der Waals surface area contributed by atoms with Crippen LogP contribution in [0.25, 0.3) is 0 Å². The Morgan fingerprint density at radius 2 is 0.933 bits per heavy atom. The molecule has 8 heteroatoms. The van der Waals surface area contributed by atoms with E-state index in [1.54, 1.807) is 13.8 Å². The van der Waals surface area contributed by atoms with Crippen LogP contribution in [-0.4, -0.2) is 63.8 Å². The topological polar surface area (TPSA) is 89.5 Å². The first-order valence-electron chi connectivity index (χ1n) is 14.8. The van der Waals surface area contributed by atoms with Crippen LogP contribution in [-0.2, 0) is 34.0 Å². The third-order valence-electron chi connectivity index (χ3n) is 6.57. The second-order valence-corrected chi connectivity index (χ2v) is 11.9. The van der Waals surface area contributed by atoms with Crippen LogP contribution < -0.4 is 9.47 Å². The molecule has 0 radical (unpaired) electrons. The van der Waals surface area contributed by atoms with Gasteiger partial charge in [-0.25, -0.2) is 9.59 Å².